The van der Waals surface area contributed by atoms with E-state index in [1.54, 1.807) is 0 Å². The van der Waals surface area contributed by atoms with Gasteiger partial charge in [-0.05, 0) is 36.3 Å². The summed E-state index contributed by atoms with van der Waals surface area (Å²) in [7, 11) is 0. The minimum absolute atomic E-state index is 0. The second-order valence-electron chi connectivity index (χ2n) is 5.20. The zero-order valence-electron chi connectivity index (χ0n) is 9.61. The molecule has 0 spiro atoms. The average Bonchev–Trinajstić information content (AvgIpc) is 2.41. The minimum Gasteiger partial charge on any atom is -0.321 e. The third-order valence-electron chi connectivity index (χ3n) is 4.36. The van der Waals surface area contributed by atoms with Gasteiger partial charge in [-0.3, -0.25) is 0 Å². The van der Waals surface area contributed by atoms with Crippen molar-refractivity contribution < 1.29 is 0 Å². The number of nitrogens with two attached hydrogens (primary N) is 1. The van der Waals surface area contributed by atoms with Gasteiger partial charge in [0.1, 0.15) is 0 Å². The Hall–Kier alpha value is -0.530. The van der Waals surface area contributed by atoms with E-state index in [-0.39, 0.29) is 17.9 Å². The molecular formula is C14H20ClN. The fourth-order valence-corrected chi connectivity index (χ4v) is 3.50. The Kier molecular flexibility index (Phi) is 3.27. The topological polar surface area (TPSA) is 26.0 Å². The fraction of sp³-hybridized carbons (Fsp3) is 0.571. The van der Waals surface area contributed by atoms with Gasteiger partial charge >= 0.3 is 0 Å². The second-order valence-corrected chi connectivity index (χ2v) is 5.20. The summed E-state index contributed by atoms with van der Waals surface area (Å²) in [4.78, 5) is 0. The first kappa shape index (κ1) is 11.9. The van der Waals surface area contributed by atoms with Gasteiger partial charge in [-0.25, -0.2) is 0 Å². The Morgan fingerprint density at radius 1 is 1.12 bits per heavy atom. The largest absolute Gasteiger partial charge is 0.321 e. The standard InChI is InChI=1S/C14H19N.ClH/c15-14-9-5-1-2-7-12(14)10-11-6-3-4-8-13(11)14;/h3-4,6,8,12H,1-2,5,7,9-10,15H2;1H. The van der Waals surface area contributed by atoms with Gasteiger partial charge in [-0.1, -0.05) is 43.5 Å². The normalized spacial score (nSPS) is 32.2. The number of hydrogen-bond donors (Lipinski definition) is 1. The van der Waals surface area contributed by atoms with E-state index in [2.05, 4.69) is 24.3 Å². The molecule has 1 aromatic carbocycles. The van der Waals surface area contributed by atoms with Crippen molar-refractivity contribution in [3.05, 3.63) is 35.4 Å². The van der Waals surface area contributed by atoms with Gasteiger partial charge < -0.3 is 5.73 Å². The molecule has 1 nitrogen and oxygen atoms in total. The monoisotopic (exact) mass is 237 g/mol. The molecule has 16 heavy (non-hydrogen) atoms. The molecule has 2 aliphatic carbocycles. The molecular weight excluding hydrogens is 218 g/mol. The van der Waals surface area contributed by atoms with Crippen LogP contribution in [0.3, 0.4) is 0 Å². The van der Waals surface area contributed by atoms with Gasteiger partial charge in [-0.2, -0.15) is 0 Å². The third-order valence-corrected chi connectivity index (χ3v) is 4.36. The molecule has 2 N–H and O–H groups in total. The molecule has 0 radical (unpaired) electrons. The van der Waals surface area contributed by atoms with Crippen molar-refractivity contribution in [2.24, 2.45) is 11.7 Å². The van der Waals surface area contributed by atoms with Crippen LogP contribution in [0.5, 0.6) is 0 Å². The highest BCUT2D eigenvalue weighted by Gasteiger charge is 2.43. The van der Waals surface area contributed by atoms with Gasteiger partial charge in [0.2, 0.25) is 0 Å². The summed E-state index contributed by atoms with van der Waals surface area (Å²) in [5.41, 5.74) is 9.63. The molecule has 2 unspecified atom stereocenters. The van der Waals surface area contributed by atoms with Crippen molar-refractivity contribution in [1.29, 1.82) is 0 Å². The predicted octanol–water partition coefficient (Wildman–Crippen LogP) is 3.40. The lowest BCUT2D eigenvalue weighted by atomic mass is 9.81. The zero-order chi connectivity index (χ0) is 10.3. The van der Waals surface area contributed by atoms with Crippen molar-refractivity contribution in [2.45, 2.75) is 44.1 Å². The Bertz CT molecular complexity index is 377. The summed E-state index contributed by atoms with van der Waals surface area (Å²) in [6.07, 6.45) is 7.78. The van der Waals surface area contributed by atoms with Crippen LogP contribution >= 0.6 is 12.4 Å². The highest BCUT2D eigenvalue weighted by atomic mass is 35.5. The second kappa shape index (κ2) is 4.38. The van der Waals surface area contributed by atoms with Gasteiger partial charge in [-0.15, -0.1) is 12.4 Å². The molecule has 0 heterocycles. The summed E-state index contributed by atoms with van der Waals surface area (Å²) in [5, 5.41) is 0. The van der Waals surface area contributed by atoms with Gasteiger partial charge in [0.25, 0.3) is 0 Å². The van der Waals surface area contributed by atoms with Crippen LogP contribution in [0.4, 0.5) is 0 Å². The van der Waals surface area contributed by atoms with Crippen molar-refractivity contribution in [2.75, 3.05) is 0 Å². The maximum atomic E-state index is 6.68. The van der Waals surface area contributed by atoms with Crippen molar-refractivity contribution in [3.8, 4) is 0 Å². The van der Waals surface area contributed by atoms with Crippen molar-refractivity contribution in [3.63, 3.8) is 0 Å². The van der Waals surface area contributed by atoms with Crippen LogP contribution < -0.4 is 5.73 Å². The van der Waals surface area contributed by atoms with Crippen LogP contribution in [0.15, 0.2) is 24.3 Å². The van der Waals surface area contributed by atoms with Crippen LogP contribution in [0.2, 0.25) is 0 Å². The van der Waals surface area contributed by atoms with Crippen molar-refractivity contribution in [1.82, 2.24) is 0 Å². The number of fused-ring (bicyclic) bond motifs is 3. The number of hydrogen-bond acceptors (Lipinski definition) is 1. The molecule has 0 aliphatic heterocycles. The summed E-state index contributed by atoms with van der Waals surface area (Å²) >= 11 is 0. The minimum atomic E-state index is 0. The van der Waals surface area contributed by atoms with Crippen LogP contribution in [-0.2, 0) is 12.0 Å². The van der Waals surface area contributed by atoms with E-state index < -0.39 is 0 Å². The molecule has 0 bridgehead atoms. The van der Waals surface area contributed by atoms with E-state index in [9.17, 15) is 0 Å². The number of rotatable bonds is 0. The Morgan fingerprint density at radius 3 is 2.81 bits per heavy atom. The summed E-state index contributed by atoms with van der Waals surface area (Å²) < 4.78 is 0. The molecule has 1 fully saturated rings. The lowest BCUT2D eigenvalue weighted by Gasteiger charge is -2.30. The van der Waals surface area contributed by atoms with E-state index in [0.717, 1.165) is 0 Å². The molecule has 2 aliphatic rings. The molecule has 1 saturated carbocycles. The van der Waals surface area contributed by atoms with E-state index in [1.807, 2.05) is 0 Å². The molecule has 88 valence electrons. The first-order valence-electron chi connectivity index (χ1n) is 6.18. The van der Waals surface area contributed by atoms with Gasteiger partial charge in [0, 0.05) is 5.54 Å². The lowest BCUT2D eigenvalue weighted by molar-refractivity contribution is 0.283. The summed E-state index contributed by atoms with van der Waals surface area (Å²) in [5.74, 6) is 0.706. The van der Waals surface area contributed by atoms with Crippen LogP contribution in [0, 0.1) is 5.92 Å². The van der Waals surface area contributed by atoms with Crippen LogP contribution in [0.25, 0.3) is 0 Å². The van der Waals surface area contributed by atoms with Crippen LogP contribution in [-0.4, -0.2) is 0 Å². The number of halogens is 1. The highest BCUT2D eigenvalue weighted by Crippen LogP contribution is 2.46. The quantitative estimate of drug-likeness (QED) is 0.736. The SMILES string of the molecule is Cl.NC12CCCCCC1Cc1ccccc12. The maximum absolute atomic E-state index is 6.68. The molecule has 0 aromatic heterocycles. The van der Waals surface area contributed by atoms with Crippen LogP contribution in [0.1, 0.15) is 43.2 Å². The van der Waals surface area contributed by atoms with E-state index in [0.29, 0.717) is 5.92 Å². The van der Waals surface area contributed by atoms with Gasteiger partial charge in [0.15, 0.2) is 0 Å². The smallest absolute Gasteiger partial charge is 0.0444 e. The molecule has 3 rings (SSSR count). The molecule has 0 amide bonds. The average molecular weight is 238 g/mol. The first-order valence-corrected chi connectivity index (χ1v) is 6.18. The molecule has 2 atom stereocenters. The molecule has 0 saturated heterocycles. The van der Waals surface area contributed by atoms with Gasteiger partial charge in [0.05, 0.1) is 0 Å². The first-order chi connectivity index (χ1) is 7.31. The van der Waals surface area contributed by atoms with E-state index in [1.165, 1.54) is 49.7 Å². The zero-order valence-corrected chi connectivity index (χ0v) is 10.4. The number of benzene rings is 1. The molecule has 1 aromatic rings. The highest BCUT2D eigenvalue weighted by molar-refractivity contribution is 5.85. The summed E-state index contributed by atoms with van der Waals surface area (Å²) in [6, 6.07) is 8.80. The third kappa shape index (κ3) is 1.66. The maximum Gasteiger partial charge on any atom is 0.0444 e. The lowest BCUT2D eigenvalue weighted by Crippen LogP contribution is -2.40. The molecule has 2 heteroatoms. The fourth-order valence-electron chi connectivity index (χ4n) is 3.50. The summed E-state index contributed by atoms with van der Waals surface area (Å²) in [6.45, 7) is 0. The Labute approximate surface area is 104 Å². The van der Waals surface area contributed by atoms with E-state index in [4.69, 9.17) is 5.73 Å². The van der Waals surface area contributed by atoms with Crippen molar-refractivity contribution >= 4 is 12.4 Å². The Morgan fingerprint density at radius 2 is 1.94 bits per heavy atom. The van der Waals surface area contributed by atoms with E-state index >= 15 is 0 Å². The predicted molar refractivity (Wildman–Crippen MR) is 69.8 cm³/mol. The Balaban J connectivity index is 0.000000963.